The Morgan fingerprint density at radius 2 is 2.33 bits per heavy atom. The Balaban J connectivity index is 2.20. The number of nitrogens with one attached hydrogen (secondary N) is 1. The standard InChI is InChI=1S/C10H12N4O2S2/c1-5-8(6-4-17-10(12-2)14-6)18-7(13-5)3-16-9(11)15/h4H,3H2,1-2H3,(H2,11,15)(H,12,14). The zero-order valence-corrected chi connectivity index (χ0v) is 11.5. The van der Waals surface area contributed by atoms with E-state index in [9.17, 15) is 4.79 Å². The zero-order chi connectivity index (χ0) is 13.1. The van der Waals surface area contributed by atoms with Crippen molar-refractivity contribution in [3.63, 3.8) is 0 Å². The van der Waals surface area contributed by atoms with E-state index in [1.165, 1.54) is 22.7 Å². The molecule has 0 aliphatic rings. The van der Waals surface area contributed by atoms with Crippen LogP contribution in [0.15, 0.2) is 5.38 Å². The third-order valence-electron chi connectivity index (χ3n) is 2.13. The third-order valence-corrected chi connectivity index (χ3v) is 4.14. The molecule has 0 saturated carbocycles. The quantitative estimate of drug-likeness (QED) is 0.898. The highest BCUT2D eigenvalue weighted by Gasteiger charge is 2.13. The Bertz CT molecular complexity index is 564. The van der Waals surface area contributed by atoms with Gasteiger partial charge in [0.2, 0.25) is 0 Å². The molecule has 6 nitrogen and oxygen atoms in total. The van der Waals surface area contributed by atoms with E-state index in [2.05, 4.69) is 15.3 Å². The number of nitrogens with zero attached hydrogens (tertiary/aromatic N) is 2. The number of carbonyl (C=O) groups excluding carboxylic acids is 1. The minimum atomic E-state index is -0.796. The first kappa shape index (κ1) is 12.8. The molecule has 0 fully saturated rings. The summed E-state index contributed by atoms with van der Waals surface area (Å²) in [5, 5.41) is 6.52. The Labute approximate surface area is 112 Å². The van der Waals surface area contributed by atoms with Crippen LogP contribution in [0.2, 0.25) is 0 Å². The van der Waals surface area contributed by atoms with Crippen LogP contribution in [0.5, 0.6) is 0 Å². The van der Waals surface area contributed by atoms with Crippen molar-refractivity contribution < 1.29 is 9.53 Å². The van der Waals surface area contributed by atoms with Crippen LogP contribution < -0.4 is 11.1 Å². The van der Waals surface area contributed by atoms with E-state index in [0.717, 1.165) is 21.4 Å². The highest BCUT2D eigenvalue weighted by molar-refractivity contribution is 7.16. The fraction of sp³-hybridized carbons (Fsp3) is 0.300. The molecular formula is C10H12N4O2S2. The predicted molar refractivity (Wildman–Crippen MR) is 71.9 cm³/mol. The molecule has 0 aliphatic heterocycles. The molecule has 2 heterocycles. The van der Waals surface area contributed by atoms with Crippen molar-refractivity contribution in [2.24, 2.45) is 5.73 Å². The molecule has 0 aromatic carbocycles. The van der Waals surface area contributed by atoms with Gasteiger partial charge >= 0.3 is 6.09 Å². The summed E-state index contributed by atoms with van der Waals surface area (Å²) >= 11 is 2.98. The molecule has 96 valence electrons. The monoisotopic (exact) mass is 284 g/mol. The highest BCUT2D eigenvalue weighted by Crippen LogP contribution is 2.32. The number of anilines is 1. The lowest BCUT2D eigenvalue weighted by molar-refractivity contribution is 0.150. The second-order valence-corrected chi connectivity index (χ2v) is 5.36. The number of ether oxygens (including phenoxy) is 1. The summed E-state index contributed by atoms with van der Waals surface area (Å²) in [6.45, 7) is 2.00. The molecule has 2 aromatic heterocycles. The molecular weight excluding hydrogens is 272 g/mol. The number of hydrogen-bond donors (Lipinski definition) is 2. The smallest absolute Gasteiger partial charge is 0.404 e. The summed E-state index contributed by atoms with van der Waals surface area (Å²) in [7, 11) is 1.83. The van der Waals surface area contributed by atoms with Gasteiger partial charge in [-0.05, 0) is 6.92 Å². The summed E-state index contributed by atoms with van der Waals surface area (Å²) in [6, 6.07) is 0. The number of aryl methyl sites for hydroxylation is 1. The van der Waals surface area contributed by atoms with Crippen LogP contribution >= 0.6 is 22.7 Å². The summed E-state index contributed by atoms with van der Waals surface area (Å²) in [5.41, 5.74) is 6.67. The van der Waals surface area contributed by atoms with Crippen molar-refractivity contribution in [3.8, 4) is 10.6 Å². The van der Waals surface area contributed by atoms with E-state index in [4.69, 9.17) is 10.5 Å². The molecule has 0 bridgehead atoms. The van der Waals surface area contributed by atoms with Crippen LogP contribution in [-0.4, -0.2) is 23.1 Å². The van der Waals surface area contributed by atoms with Crippen molar-refractivity contribution >= 4 is 33.9 Å². The molecule has 0 aliphatic carbocycles. The SMILES string of the molecule is CNc1nc(-c2sc(COC(N)=O)nc2C)cs1. The lowest BCUT2D eigenvalue weighted by Crippen LogP contribution is -2.12. The van der Waals surface area contributed by atoms with Crippen LogP contribution in [0.1, 0.15) is 10.7 Å². The van der Waals surface area contributed by atoms with E-state index in [-0.39, 0.29) is 6.61 Å². The first-order valence-electron chi connectivity index (χ1n) is 5.12. The predicted octanol–water partition coefficient (Wildman–Crippen LogP) is 2.21. The van der Waals surface area contributed by atoms with Gasteiger partial charge in [-0.3, -0.25) is 0 Å². The fourth-order valence-electron chi connectivity index (χ4n) is 1.38. The summed E-state index contributed by atoms with van der Waals surface area (Å²) in [6.07, 6.45) is -0.796. The third kappa shape index (κ3) is 2.77. The molecule has 2 rings (SSSR count). The van der Waals surface area contributed by atoms with Crippen molar-refractivity contribution in [3.05, 3.63) is 16.1 Å². The lowest BCUT2D eigenvalue weighted by Gasteiger charge is -1.95. The van der Waals surface area contributed by atoms with E-state index < -0.39 is 6.09 Å². The van der Waals surface area contributed by atoms with Crippen LogP contribution in [0.4, 0.5) is 9.93 Å². The van der Waals surface area contributed by atoms with Gasteiger partial charge < -0.3 is 15.8 Å². The second-order valence-electron chi connectivity index (χ2n) is 3.42. The normalized spacial score (nSPS) is 10.3. The molecule has 0 saturated heterocycles. The lowest BCUT2D eigenvalue weighted by atomic mass is 10.3. The average molecular weight is 284 g/mol. The molecule has 18 heavy (non-hydrogen) atoms. The van der Waals surface area contributed by atoms with E-state index >= 15 is 0 Å². The number of amides is 1. The molecule has 1 amide bonds. The van der Waals surface area contributed by atoms with Crippen molar-refractivity contribution in [1.29, 1.82) is 0 Å². The topological polar surface area (TPSA) is 90.1 Å². The second kappa shape index (κ2) is 5.32. The molecule has 2 aromatic rings. The largest absolute Gasteiger partial charge is 0.442 e. The number of primary amides is 1. The van der Waals surface area contributed by atoms with Gasteiger partial charge in [0.05, 0.1) is 16.3 Å². The van der Waals surface area contributed by atoms with Gasteiger partial charge in [-0.2, -0.15) is 0 Å². The molecule has 0 unspecified atom stereocenters. The number of nitrogens with two attached hydrogens (primary N) is 1. The number of thiazole rings is 2. The van der Waals surface area contributed by atoms with Gasteiger partial charge in [0.1, 0.15) is 11.6 Å². The van der Waals surface area contributed by atoms with Crippen molar-refractivity contribution in [1.82, 2.24) is 9.97 Å². The summed E-state index contributed by atoms with van der Waals surface area (Å²) in [5.74, 6) is 0. The maximum atomic E-state index is 10.5. The van der Waals surface area contributed by atoms with E-state index in [1.807, 2.05) is 19.4 Å². The van der Waals surface area contributed by atoms with Gasteiger partial charge in [-0.15, -0.1) is 22.7 Å². The number of rotatable bonds is 4. The maximum absolute atomic E-state index is 10.5. The average Bonchev–Trinajstić information content (AvgIpc) is 2.92. The van der Waals surface area contributed by atoms with Crippen molar-refractivity contribution in [2.75, 3.05) is 12.4 Å². The number of aromatic nitrogens is 2. The first-order valence-corrected chi connectivity index (χ1v) is 6.82. The van der Waals surface area contributed by atoms with E-state index in [1.54, 1.807) is 0 Å². The fourth-order valence-corrected chi connectivity index (χ4v) is 3.05. The minimum Gasteiger partial charge on any atom is -0.442 e. The number of hydrogen-bond acceptors (Lipinski definition) is 7. The van der Waals surface area contributed by atoms with Crippen LogP contribution in [0.25, 0.3) is 10.6 Å². The van der Waals surface area contributed by atoms with Gasteiger partial charge in [0, 0.05) is 12.4 Å². The van der Waals surface area contributed by atoms with Crippen molar-refractivity contribution in [2.45, 2.75) is 13.5 Å². The van der Waals surface area contributed by atoms with E-state index in [0.29, 0.717) is 5.01 Å². The minimum absolute atomic E-state index is 0.101. The van der Waals surface area contributed by atoms with Gasteiger partial charge in [0.25, 0.3) is 0 Å². The zero-order valence-electron chi connectivity index (χ0n) is 9.89. The van der Waals surface area contributed by atoms with Gasteiger partial charge in [0.15, 0.2) is 5.13 Å². The highest BCUT2D eigenvalue weighted by atomic mass is 32.1. The molecule has 3 N–H and O–H groups in total. The van der Waals surface area contributed by atoms with Crippen LogP contribution in [0.3, 0.4) is 0 Å². The first-order chi connectivity index (χ1) is 8.60. The molecule has 0 radical (unpaired) electrons. The van der Waals surface area contributed by atoms with Gasteiger partial charge in [-0.25, -0.2) is 14.8 Å². The van der Waals surface area contributed by atoms with Crippen LogP contribution in [-0.2, 0) is 11.3 Å². The number of carbonyl (C=O) groups is 1. The summed E-state index contributed by atoms with van der Waals surface area (Å²) in [4.78, 5) is 20.3. The molecule has 0 spiro atoms. The Kier molecular flexibility index (Phi) is 3.78. The Morgan fingerprint density at radius 1 is 1.56 bits per heavy atom. The molecule has 0 atom stereocenters. The Hall–Kier alpha value is -1.67. The molecule has 8 heteroatoms. The van der Waals surface area contributed by atoms with Gasteiger partial charge in [-0.1, -0.05) is 0 Å². The maximum Gasteiger partial charge on any atom is 0.404 e. The van der Waals surface area contributed by atoms with Crippen LogP contribution in [0, 0.1) is 6.92 Å². The Morgan fingerprint density at radius 3 is 2.94 bits per heavy atom. The summed E-state index contributed by atoms with van der Waals surface area (Å²) < 4.78 is 4.72.